The van der Waals surface area contributed by atoms with Crippen LogP contribution in [-0.4, -0.2) is 10.8 Å². The molecule has 3 rings (SSSR count). The van der Waals surface area contributed by atoms with Gasteiger partial charge in [-0.05, 0) is 28.1 Å². The van der Waals surface area contributed by atoms with Crippen LogP contribution in [0.15, 0.2) is 51.5 Å². The lowest BCUT2D eigenvalue weighted by atomic mass is 10.2. The Kier molecular flexibility index (Phi) is 2.97. The normalized spacial score (nSPS) is 17.3. The molecule has 4 nitrogen and oxygen atoms in total. The molecule has 0 aliphatic carbocycles. The highest BCUT2D eigenvalue weighted by Crippen LogP contribution is 2.39. The Balaban J connectivity index is 2.06. The molecule has 0 saturated carbocycles. The number of nitrogens with one attached hydrogen (secondary N) is 1. The highest BCUT2D eigenvalue weighted by Gasteiger charge is 2.29. The fourth-order valence-corrected chi connectivity index (χ4v) is 2.89. The Morgan fingerprint density at radius 2 is 2.11 bits per heavy atom. The molecule has 2 aliphatic heterocycles. The fourth-order valence-electron chi connectivity index (χ4n) is 1.79. The van der Waals surface area contributed by atoms with Gasteiger partial charge in [-0.3, -0.25) is 10.4 Å². The monoisotopic (exact) mass is 344 g/mol. The van der Waals surface area contributed by atoms with Gasteiger partial charge in [-0.1, -0.05) is 17.7 Å². The van der Waals surface area contributed by atoms with Crippen LogP contribution in [0.4, 0.5) is 5.69 Å². The molecular weight excluding hydrogens is 339 g/mol. The molecule has 0 radical (unpaired) electrons. The van der Waals surface area contributed by atoms with E-state index >= 15 is 0 Å². The van der Waals surface area contributed by atoms with Crippen molar-refractivity contribution in [1.82, 2.24) is 9.84 Å². The third-order valence-electron chi connectivity index (χ3n) is 2.59. The third-order valence-corrected chi connectivity index (χ3v) is 3.80. The zero-order valence-corrected chi connectivity index (χ0v) is 12.0. The molecule has 1 aromatic carbocycles. The number of hydrogen-bond donors (Lipinski definition) is 1. The number of para-hydroxylation sites is 1. The van der Waals surface area contributed by atoms with Crippen molar-refractivity contribution in [3.05, 3.63) is 51.5 Å². The van der Waals surface area contributed by atoms with E-state index in [9.17, 15) is 0 Å². The standard InChI is InChI=1S/C11H7BrCl2N4/c12-7-2-1-3-8(13)11(7)18-10-4-15-6-17(14)9(10)5-16-18/h1-6,16H. The lowest BCUT2D eigenvalue weighted by molar-refractivity contribution is 0.822. The minimum Gasteiger partial charge on any atom is -0.299 e. The van der Waals surface area contributed by atoms with Gasteiger partial charge in [-0.15, -0.1) is 0 Å². The summed E-state index contributed by atoms with van der Waals surface area (Å²) >= 11 is 15.7. The van der Waals surface area contributed by atoms with E-state index in [-0.39, 0.29) is 0 Å². The molecule has 1 N–H and O–H groups in total. The van der Waals surface area contributed by atoms with Crippen molar-refractivity contribution in [2.45, 2.75) is 0 Å². The molecule has 1 aromatic rings. The largest absolute Gasteiger partial charge is 0.299 e. The molecule has 0 bridgehead atoms. The molecule has 18 heavy (non-hydrogen) atoms. The number of fused-ring (bicyclic) bond motifs is 1. The Hall–Kier alpha value is -1.17. The van der Waals surface area contributed by atoms with Crippen LogP contribution in [0.5, 0.6) is 0 Å². The summed E-state index contributed by atoms with van der Waals surface area (Å²) in [6.45, 7) is 0. The summed E-state index contributed by atoms with van der Waals surface area (Å²) in [7, 11) is 0. The number of aliphatic imine (C=N–C) groups is 1. The Labute approximate surface area is 122 Å². The predicted octanol–water partition coefficient (Wildman–Crippen LogP) is 3.61. The molecule has 0 atom stereocenters. The summed E-state index contributed by atoms with van der Waals surface area (Å²) in [5, 5.41) is 2.45. The maximum Gasteiger partial charge on any atom is 0.111 e. The van der Waals surface area contributed by atoms with Gasteiger partial charge in [-0.25, -0.2) is 9.41 Å². The average molecular weight is 346 g/mol. The van der Waals surface area contributed by atoms with Gasteiger partial charge in [0.15, 0.2) is 0 Å². The first-order valence-corrected chi connectivity index (χ1v) is 6.59. The van der Waals surface area contributed by atoms with Crippen LogP contribution in [0.1, 0.15) is 0 Å². The first-order valence-electron chi connectivity index (χ1n) is 5.08. The van der Waals surface area contributed by atoms with Crippen molar-refractivity contribution in [2.24, 2.45) is 4.99 Å². The molecule has 0 spiro atoms. The molecular formula is C11H7BrCl2N4. The quantitative estimate of drug-likeness (QED) is 0.789. The molecule has 2 heterocycles. The van der Waals surface area contributed by atoms with E-state index in [1.807, 2.05) is 23.2 Å². The number of anilines is 1. The van der Waals surface area contributed by atoms with E-state index < -0.39 is 0 Å². The number of hydrogen-bond acceptors (Lipinski definition) is 4. The Morgan fingerprint density at radius 3 is 2.89 bits per heavy atom. The van der Waals surface area contributed by atoms with Crippen LogP contribution < -0.4 is 10.4 Å². The molecule has 2 aliphatic rings. The first-order chi connectivity index (χ1) is 8.68. The second-order valence-electron chi connectivity index (χ2n) is 3.65. The van der Waals surface area contributed by atoms with Crippen molar-refractivity contribution >= 4 is 51.3 Å². The summed E-state index contributed by atoms with van der Waals surface area (Å²) < 4.78 is 2.31. The van der Waals surface area contributed by atoms with E-state index in [0.29, 0.717) is 5.02 Å². The minimum atomic E-state index is 0.628. The molecule has 92 valence electrons. The van der Waals surface area contributed by atoms with Gasteiger partial charge in [-0.2, -0.15) is 0 Å². The number of halogens is 3. The lowest BCUT2D eigenvalue weighted by Crippen LogP contribution is -2.30. The van der Waals surface area contributed by atoms with Crippen LogP contribution in [-0.2, 0) is 0 Å². The fraction of sp³-hybridized carbons (Fsp3) is 0. The highest BCUT2D eigenvalue weighted by molar-refractivity contribution is 9.10. The van der Waals surface area contributed by atoms with Gasteiger partial charge in [0.2, 0.25) is 0 Å². The second kappa shape index (κ2) is 4.50. The van der Waals surface area contributed by atoms with Crippen molar-refractivity contribution in [3.63, 3.8) is 0 Å². The Bertz CT molecular complexity index is 576. The molecule has 0 amide bonds. The number of benzene rings is 1. The maximum absolute atomic E-state index is 6.23. The SMILES string of the molecule is Clc1cccc(Br)c1N1NC=C2C1=CN=CN2Cl. The number of nitrogens with zero attached hydrogens (tertiary/aromatic N) is 3. The molecule has 0 aromatic heterocycles. The minimum absolute atomic E-state index is 0.628. The van der Waals surface area contributed by atoms with Crippen LogP contribution in [0.3, 0.4) is 0 Å². The smallest absolute Gasteiger partial charge is 0.111 e. The predicted molar refractivity (Wildman–Crippen MR) is 77.1 cm³/mol. The summed E-state index contributed by atoms with van der Waals surface area (Å²) in [6.07, 6.45) is 5.05. The van der Waals surface area contributed by atoms with Crippen molar-refractivity contribution in [1.29, 1.82) is 0 Å². The summed E-state index contributed by atoms with van der Waals surface area (Å²) in [5.41, 5.74) is 5.58. The van der Waals surface area contributed by atoms with E-state index in [2.05, 4.69) is 26.3 Å². The molecule has 0 unspecified atom stereocenters. The first kappa shape index (κ1) is 11.9. The average Bonchev–Trinajstić information content (AvgIpc) is 2.75. The highest BCUT2D eigenvalue weighted by atomic mass is 79.9. The topological polar surface area (TPSA) is 30.9 Å². The van der Waals surface area contributed by atoms with E-state index in [4.69, 9.17) is 23.4 Å². The van der Waals surface area contributed by atoms with Crippen LogP contribution >= 0.6 is 39.3 Å². The van der Waals surface area contributed by atoms with Gasteiger partial charge in [0.05, 0.1) is 16.9 Å². The number of rotatable bonds is 1. The lowest BCUT2D eigenvalue weighted by Gasteiger charge is -2.25. The summed E-state index contributed by atoms with van der Waals surface area (Å²) in [5.74, 6) is 0. The van der Waals surface area contributed by atoms with Gasteiger partial charge >= 0.3 is 0 Å². The van der Waals surface area contributed by atoms with E-state index in [1.165, 1.54) is 10.8 Å². The zero-order valence-electron chi connectivity index (χ0n) is 8.94. The number of hydrazine groups is 1. The Morgan fingerprint density at radius 1 is 1.28 bits per heavy atom. The van der Waals surface area contributed by atoms with Crippen molar-refractivity contribution in [3.8, 4) is 0 Å². The summed E-state index contributed by atoms with van der Waals surface area (Å²) in [6, 6.07) is 5.63. The van der Waals surface area contributed by atoms with Crippen LogP contribution in [0.25, 0.3) is 0 Å². The van der Waals surface area contributed by atoms with Gasteiger partial charge < -0.3 is 0 Å². The molecule has 7 heteroatoms. The van der Waals surface area contributed by atoms with Gasteiger partial charge in [0.25, 0.3) is 0 Å². The van der Waals surface area contributed by atoms with Crippen molar-refractivity contribution in [2.75, 3.05) is 5.01 Å². The molecule has 0 saturated heterocycles. The van der Waals surface area contributed by atoms with Gasteiger partial charge in [0, 0.05) is 22.4 Å². The zero-order chi connectivity index (χ0) is 12.7. The van der Waals surface area contributed by atoms with Crippen LogP contribution in [0.2, 0.25) is 5.02 Å². The van der Waals surface area contributed by atoms with Gasteiger partial charge in [0.1, 0.15) is 17.7 Å². The molecule has 0 fully saturated rings. The second-order valence-corrected chi connectivity index (χ2v) is 5.28. The van der Waals surface area contributed by atoms with E-state index in [1.54, 1.807) is 12.4 Å². The third kappa shape index (κ3) is 1.79. The van der Waals surface area contributed by atoms with Crippen molar-refractivity contribution < 1.29 is 0 Å². The summed E-state index contributed by atoms with van der Waals surface area (Å²) in [4.78, 5) is 4.06. The van der Waals surface area contributed by atoms with Crippen LogP contribution in [0, 0.1) is 0 Å². The maximum atomic E-state index is 6.23. The van der Waals surface area contributed by atoms with E-state index in [0.717, 1.165) is 21.6 Å².